The Balaban J connectivity index is 1.92. The third-order valence-electron chi connectivity index (χ3n) is 2.43. The minimum Gasteiger partial charge on any atom is -0.493 e. The molecular weight excluding hydrogens is 255 g/mol. The molecule has 0 aliphatic rings. The van der Waals surface area contributed by atoms with Crippen molar-refractivity contribution < 1.29 is 24.1 Å². The lowest BCUT2D eigenvalue weighted by atomic mass is 10.3. The van der Waals surface area contributed by atoms with E-state index >= 15 is 0 Å². The molecule has 19 heavy (non-hydrogen) atoms. The molecule has 0 amide bonds. The number of rotatable bonds is 5. The number of aromatic carboxylic acids is 1. The smallest absolute Gasteiger partial charge is 0.360 e. The van der Waals surface area contributed by atoms with Gasteiger partial charge in [-0.2, -0.15) is 0 Å². The lowest BCUT2D eigenvalue weighted by Crippen LogP contribution is -2.07. The summed E-state index contributed by atoms with van der Waals surface area (Å²) in [7, 11) is 0. The van der Waals surface area contributed by atoms with Crippen LogP contribution < -0.4 is 4.74 Å². The van der Waals surface area contributed by atoms with Crippen LogP contribution in [0.1, 0.15) is 10.5 Å². The highest BCUT2D eigenvalue weighted by Crippen LogP contribution is 2.16. The summed E-state index contributed by atoms with van der Waals surface area (Å²) in [5.74, 6) is -1.59. The summed E-state index contributed by atoms with van der Waals surface area (Å²) in [5.41, 5.74) is -0.401. The highest BCUT2D eigenvalue weighted by molar-refractivity contribution is 5.87. The van der Waals surface area contributed by atoms with E-state index < -0.39 is 17.5 Å². The van der Waals surface area contributed by atoms with E-state index in [9.17, 15) is 14.3 Å². The van der Waals surface area contributed by atoms with Crippen LogP contribution in [0.25, 0.3) is 0 Å². The number of benzene rings is 1. The van der Waals surface area contributed by atoms with Gasteiger partial charge >= 0.3 is 5.97 Å². The van der Waals surface area contributed by atoms with Gasteiger partial charge < -0.3 is 14.9 Å². The summed E-state index contributed by atoms with van der Waals surface area (Å²) >= 11 is 0. The van der Waals surface area contributed by atoms with E-state index in [1.54, 1.807) is 0 Å². The SMILES string of the molecule is O=C(O)c1ncn(CCOc2ccc(F)cc2)c1O. The molecule has 1 heterocycles. The Morgan fingerprint density at radius 1 is 1.37 bits per heavy atom. The van der Waals surface area contributed by atoms with Crippen molar-refractivity contribution in [2.24, 2.45) is 0 Å². The van der Waals surface area contributed by atoms with Crippen LogP contribution in [0.2, 0.25) is 0 Å². The Bertz CT molecular complexity index is 580. The van der Waals surface area contributed by atoms with Crippen LogP contribution in [0.3, 0.4) is 0 Å². The van der Waals surface area contributed by atoms with Gasteiger partial charge in [-0.15, -0.1) is 0 Å². The molecular formula is C12H11FN2O4. The largest absolute Gasteiger partial charge is 0.493 e. The summed E-state index contributed by atoms with van der Waals surface area (Å²) in [4.78, 5) is 14.2. The number of halogens is 1. The molecule has 6 nitrogen and oxygen atoms in total. The molecule has 0 atom stereocenters. The monoisotopic (exact) mass is 266 g/mol. The number of imidazole rings is 1. The molecule has 0 bridgehead atoms. The molecule has 7 heteroatoms. The first-order valence-electron chi connectivity index (χ1n) is 5.43. The van der Waals surface area contributed by atoms with Crippen LogP contribution in [0.15, 0.2) is 30.6 Å². The fraction of sp³-hybridized carbons (Fsp3) is 0.167. The molecule has 0 unspecified atom stereocenters. The second kappa shape index (κ2) is 5.38. The highest BCUT2D eigenvalue weighted by atomic mass is 19.1. The number of carboxylic acids is 1. The minimum atomic E-state index is -1.30. The Morgan fingerprint density at radius 3 is 2.63 bits per heavy atom. The van der Waals surface area contributed by atoms with E-state index in [4.69, 9.17) is 9.84 Å². The predicted molar refractivity (Wildman–Crippen MR) is 62.7 cm³/mol. The summed E-state index contributed by atoms with van der Waals surface area (Å²) < 4.78 is 19.2. The number of carboxylic acid groups (broad SMARTS) is 1. The molecule has 0 saturated heterocycles. The van der Waals surface area contributed by atoms with E-state index in [1.807, 2.05) is 0 Å². The molecule has 100 valence electrons. The first-order chi connectivity index (χ1) is 9.08. The quantitative estimate of drug-likeness (QED) is 0.856. The van der Waals surface area contributed by atoms with Crippen molar-refractivity contribution in [2.45, 2.75) is 6.54 Å². The number of ether oxygens (including phenoxy) is 1. The normalized spacial score (nSPS) is 10.4. The number of aromatic hydroxyl groups is 1. The van der Waals surface area contributed by atoms with Crippen LogP contribution >= 0.6 is 0 Å². The van der Waals surface area contributed by atoms with Gasteiger partial charge in [0.2, 0.25) is 11.6 Å². The molecule has 1 aromatic heterocycles. The molecule has 0 spiro atoms. The van der Waals surface area contributed by atoms with Crippen LogP contribution in [0, 0.1) is 5.82 Å². The number of hydrogen-bond acceptors (Lipinski definition) is 4. The number of aromatic nitrogens is 2. The fourth-order valence-electron chi connectivity index (χ4n) is 1.48. The van der Waals surface area contributed by atoms with Crippen LogP contribution in [-0.2, 0) is 6.54 Å². The molecule has 2 N–H and O–H groups in total. The zero-order valence-electron chi connectivity index (χ0n) is 9.78. The van der Waals surface area contributed by atoms with E-state index in [2.05, 4.69) is 4.98 Å². The van der Waals surface area contributed by atoms with Gasteiger partial charge in [0, 0.05) is 0 Å². The summed E-state index contributed by atoms with van der Waals surface area (Å²) in [5, 5.41) is 18.3. The van der Waals surface area contributed by atoms with Crippen molar-refractivity contribution in [3.8, 4) is 11.6 Å². The third kappa shape index (κ3) is 3.01. The van der Waals surface area contributed by atoms with Crippen molar-refractivity contribution in [3.05, 3.63) is 42.1 Å². The van der Waals surface area contributed by atoms with Crippen molar-refractivity contribution >= 4 is 5.97 Å². The zero-order valence-corrected chi connectivity index (χ0v) is 9.78. The van der Waals surface area contributed by atoms with Crippen molar-refractivity contribution in [3.63, 3.8) is 0 Å². The van der Waals surface area contributed by atoms with E-state index in [-0.39, 0.29) is 19.0 Å². The Morgan fingerprint density at radius 2 is 2.05 bits per heavy atom. The molecule has 0 aliphatic heterocycles. The van der Waals surface area contributed by atoms with Crippen LogP contribution in [-0.4, -0.2) is 32.3 Å². The third-order valence-corrected chi connectivity index (χ3v) is 2.43. The average Bonchev–Trinajstić information content (AvgIpc) is 2.74. The Kier molecular flexibility index (Phi) is 3.65. The Hall–Kier alpha value is -2.57. The average molecular weight is 266 g/mol. The number of hydrogen-bond donors (Lipinski definition) is 2. The van der Waals surface area contributed by atoms with Gasteiger partial charge in [-0.05, 0) is 24.3 Å². The van der Waals surface area contributed by atoms with Crippen LogP contribution in [0.5, 0.6) is 11.6 Å². The van der Waals surface area contributed by atoms with E-state index in [0.717, 1.165) is 0 Å². The second-order valence-electron chi connectivity index (χ2n) is 3.72. The Labute approximate surface area is 107 Å². The van der Waals surface area contributed by atoms with Gasteiger partial charge in [0.05, 0.1) is 12.9 Å². The van der Waals surface area contributed by atoms with Crippen molar-refractivity contribution in [2.75, 3.05) is 6.61 Å². The standard InChI is InChI=1S/C12H11FN2O4/c13-8-1-3-9(4-2-8)19-6-5-15-7-14-10(11(15)16)12(17)18/h1-4,7,16H,5-6H2,(H,17,18). The van der Waals surface area contributed by atoms with Gasteiger partial charge in [-0.25, -0.2) is 14.2 Å². The molecule has 2 rings (SSSR count). The maximum Gasteiger partial charge on any atom is 0.360 e. The van der Waals surface area contributed by atoms with Gasteiger partial charge in [-0.3, -0.25) is 4.57 Å². The van der Waals surface area contributed by atoms with Crippen molar-refractivity contribution in [1.29, 1.82) is 0 Å². The molecule has 0 fully saturated rings. The first kappa shape index (κ1) is 12.9. The van der Waals surface area contributed by atoms with E-state index in [1.165, 1.54) is 35.2 Å². The lowest BCUT2D eigenvalue weighted by molar-refractivity contribution is 0.0687. The summed E-state index contributed by atoms with van der Waals surface area (Å²) in [6, 6.07) is 5.50. The van der Waals surface area contributed by atoms with Gasteiger partial charge in [0.25, 0.3) is 0 Å². The zero-order chi connectivity index (χ0) is 13.8. The van der Waals surface area contributed by atoms with E-state index in [0.29, 0.717) is 5.75 Å². The van der Waals surface area contributed by atoms with Crippen molar-refractivity contribution in [1.82, 2.24) is 9.55 Å². The topological polar surface area (TPSA) is 84.6 Å². The molecule has 0 aliphatic carbocycles. The second-order valence-corrected chi connectivity index (χ2v) is 3.72. The molecule has 1 aromatic carbocycles. The number of carbonyl (C=O) groups is 1. The van der Waals surface area contributed by atoms with Gasteiger partial charge in [0.15, 0.2) is 0 Å². The minimum absolute atomic E-state index is 0.189. The summed E-state index contributed by atoms with van der Waals surface area (Å²) in [6.07, 6.45) is 1.22. The number of nitrogens with zero attached hydrogens (tertiary/aromatic N) is 2. The maximum absolute atomic E-state index is 12.6. The lowest BCUT2D eigenvalue weighted by Gasteiger charge is -2.07. The predicted octanol–water partition coefficient (Wildman–Crippen LogP) is 1.50. The maximum atomic E-state index is 12.6. The molecule has 2 aromatic rings. The highest BCUT2D eigenvalue weighted by Gasteiger charge is 2.15. The fourth-order valence-corrected chi connectivity index (χ4v) is 1.48. The van der Waals surface area contributed by atoms with Gasteiger partial charge in [-0.1, -0.05) is 0 Å². The van der Waals surface area contributed by atoms with Crippen LogP contribution in [0.4, 0.5) is 4.39 Å². The summed E-state index contributed by atoms with van der Waals surface area (Å²) in [6.45, 7) is 0.415. The first-order valence-corrected chi connectivity index (χ1v) is 5.43. The molecule has 0 radical (unpaired) electrons. The molecule has 0 saturated carbocycles. The van der Waals surface area contributed by atoms with Gasteiger partial charge in [0.1, 0.15) is 18.2 Å².